The second kappa shape index (κ2) is 6.57. The van der Waals surface area contributed by atoms with E-state index in [0.717, 1.165) is 30.8 Å². The van der Waals surface area contributed by atoms with E-state index < -0.39 is 0 Å². The predicted octanol–water partition coefficient (Wildman–Crippen LogP) is 1.49. The minimum atomic E-state index is 0.0260. The number of benzene rings is 1. The molecule has 4 heteroatoms. The lowest BCUT2D eigenvalue weighted by Gasteiger charge is -2.27. The van der Waals surface area contributed by atoms with Crippen LogP contribution in [-0.2, 0) is 4.79 Å². The van der Waals surface area contributed by atoms with Crippen molar-refractivity contribution in [3.05, 3.63) is 29.8 Å². The van der Waals surface area contributed by atoms with E-state index in [1.165, 1.54) is 0 Å². The van der Waals surface area contributed by atoms with Crippen LogP contribution in [0, 0.1) is 12.8 Å². The van der Waals surface area contributed by atoms with Crippen LogP contribution >= 0.6 is 0 Å². The van der Waals surface area contributed by atoms with Crippen LogP contribution in [0.15, 0.2) is 24.3 Å². The number of rotatable bonds is 6. The first-order chi connectivity index (χ1) is 9.20. The Morgan fingerprint density at radius 3 is 2.79 bits per heavy atom. The Balaban J connectivity index is 1.83. The molecule has 1 amide bonds. The summed E-state index contributed by atoms with van der Waals surface area (Å²) < 4.78 is 5.95. The minimum Gasteiger partial charge on any atom is -0.488 e. The Morgan fingerprint density at radius 1 is 1.47 bits per heavy atom. The Morgan fingerprint density at radius 2 is 2.21 bits per heavy atom. The largest absolute Gasteiger partial charge is 0.488 e. The van der Waals surface area contributed by atoms with Crippen molar-refractivity contribution < 1.29 is 9.53 Å². The summed E-state index contributed by atoms with van der Waals surface area (Å²) in [5, 5.41) is 6.07. The Hall–Kier alpha value is -1.55. The van der Waals surface area contributed by atoms with Crippen molar-refractivity contribution >= 4 is 5.91 Å². The average Bonchev–Trinajstić information content (AvgIpc) is 2.34. The van der Waals surface area contributed by atoms with Crippen LogP contribution in [0.4, 0.5) is 0 Å². The van der Waals surface area contributed by atoms with Crippen molar-refractivity contribution in [2.24, 2.45) is 5.92 Å². The molecule has 0 saturated carbocycles. The first-order valence-corrected chi connectivity index (χ1v) is 6.91. The van der Waals surface area contributed by atoms with Gasteiger partial charge in [-0.1, -0.05) is 25.1 Å². The summed E-state index contributed by atoms with van der Waals surface area (Å²) in [4.78, 5) is 11.8. The summed E-state index contributed by atoms with van der Waals surface area (Å²) in [6, 6.07) is 7.96. The van der Waals surface area contributed by atoms with Gasteiger partial charge in [-0.3, -0.25) is 4.79 Å². The number of aryl methyl sites for hydroxylation is 1. The maximum absolute atomic E-state index is 11.8. The molecule has 1 unspecified atom stereocenters. The molecule has 0 bridgehead atoms. The van der Waals surface area contributed by atoms with Crippen LogP contribution in [0.1, 0.15) is 18.9 Å². The van der Waals surface area contributed by atoms with Crippen molar-refractivity contribution in [2.75, 3.05) is 19.6 Å². The minimum absolute atomic E-state index is 0.0260. The molecule has 1 heterocycles. The van der Waals surface area contributed by atoms with Gasteiger partial charge in [-0.15, -0.1) is 0 Å². The molecule has 0 aromatic heterocycles. The maximum atomic E-state index is 11.8. The lowest BCUT2D eigenvalue weighted by molar-refractivity contribution is -0.126. The van der Waals surface area contributed by atoms with Crippen LogP contribution in [0.3, 0.4) is 0 Å². The van der Waals surface area contributed by atoms with Crippen molar-refractivity contribution in [1.29, 1.82) is 0 Å². The number of carbonyl (C=O) groups excluding carboxylic acids is 1. The molecule has 1 saturated heterocycles. The van der Waals surface area contributed by atoms with Crippen LogP contribution in [0.5, 0.6) is 5.75 Å². The molecule has 2 N–H and O–H groups in total. The zero-order chi connectivity index (χ0) is 13.7. The highest BCUT2D eigenvalue weighted by Crippen LogP contribution is 2.18. The molecule has 1 aliphatic heterocycles. The normalized spacial score (nSPS) is 16.5. The molecular formula is C15H22N2O2. The van der Waals surface area contributed by atoms with E-state index >= 15 is 0 Å². The Bertz CT molecular complexity index is 430. The number of para-hydroxylation sites is 1. The fourth-order valence-corrected chi connectivity index (χ4v) is 1.97. The van der Waals surface area contributed by atoms with E-state index in [2.05, 4.69) is 17.6 Å². The highest BCUT2D eigenvalue weighted by molar-refractivity contribution is 5.80. The first kappa shape index (κ1) is 13.9. The zero-order valence-electron chi connectivity index (χ0n) is 11.6. The summed E-state index contributed by atoms with van der Waals surface area (Å²) in [5.41, 5.74) is 1.12. The van der Waals surface area contributed by atoms with Gasteiger partial charge in [0.25, 0.3) is 0 Å². The molecule has 1 atom stereocenters. The van der Waals surface area contributed by atoms with Crippen molar-refractivity contribution in [3.63, 3.8) is 0 Å². The molecule has 1 aliphatic rings. The standard InChI is InChI=1S/C15H22N2O2/c1-3-13(10-17-15(18)12-8-16-9-12)19-14-7-5-4-6-11(14)2/h4-7,12-13,16H,3,8-10H2,1-2H3,(H,17,18). The zero-order valence-corrected chi connectivity index (χ0v) is 11.6. The predicted molar refractivity (Wildman–Crippen MR) is 75.3 cm³/mol. The molecule has 2 rings (SSSR count). The van der Waals surface area contributed by atoms with E-state index in [-0.39, 0.29) is 17.9 Å². The molecule has 1 aromatic rings. The molecule has 4 nitrogen and oxygen atoms in total. The van der Waals surface area contributed by atoms with Crippen LogP contribution in [0.25, 0.3) is 0 Å². The number of ether oxygens (including phenoxy) is 1. The molecule has 104 valence electrons. The summed E-state index contributed by atoms with van der Waals surface area (Å²) in [7, 11) is 0. The third kappa shape index (κ3) is 3.70. The molecule has 0 radical (unpaired) electrons. The second-order valence-corrected chi connectivity index (χ2v) is 5.01. The third-order valence-corrected chi connectivity index (χ3v) is 3.50. The van der Waals surface area contributed by atoms with Gasteiger partial charge in [0.2, 0.25) is 5.91 Å². The van der Waals surface area contributed by atoms with Crippen LogP contribution < -0.4 is 15.4 Å². The topological polar surface area (TPSA) is 50.4 Å². The average molecular weight is 262 g/mol. The first-order valence-electron chi connectivity index (χ1n) is 6.91. The fraction of sp³-hybridized carbons (Fsp3) is 0.533. The van der Waals surface area contributed by atoms with E-state index in [4.69, 9.17) is 4.74 Å². The van der Waals surface area contributed by atoms with E-state index in [1.54, 1.807) is 0 Å². The van der Waals surface area contributed by atoms with Gasteiger partial charge in [-0.2, -0.15) is 0 Å². The molecule has 19 heavy (non-hydrogen) atoms. The Kier molecular flexibility index (Phi) is 4.80. The Labute approximate surface area is 114 Å². The quantitative estimate of drug-likeness (QED) is 0.816. The summed E-state index contributed by atoms with van der Waals surface area (Å²) in [5.74, 6) is 1.16. The van der Waals surface area contributed by atoms with Crippen molar-refractivity contribution in [1.82, 2.24) is 10.6 Å². The van der Waals surface area contributed by atoms with Gasteiger partial charge in [-0.05, 0) is 25.0 Å². The second-order valence-electron chi connectivity index (χ2n) is 5.01. The monoisotopic (exact) mass is 262 g/mol. The maximum Gasteiger partial charge on any atom is 0.225 e. The number of hydrogen-bond donors (Lipinski definition) is 2. The SMILES string of the molecule is CCC(CNC(=O)C1CNC1)Oc1ccccc1C. The van der Waals surface area contributed by atoms with Gasteiger partial charge in [0.15, 0.2) is 0 Å². The van der Waals surface area contributed by atoms with E-state index in [0.29, 0.717) is 6.54 Å². The molecular weight excluding hydrogens is 240 g/mol. The number of amides is 1. The molecule has 1 aromatic carbocycles. The molecule has 0 spiro atoms. The van der Waals surface area contributed by atoms with Crippen molar-refractivity contribution in [2.45, 2.75) is 26.4 Å². The highest BCUT2D eigenvalue weighted by atomic mass is 16.5. The third-order valence-electron chi connectivity index (χ3n) is 3.50. The molecule has 1 fully saturated rings. The number of nitrogens with one attached hydrogen (secondary N) is 2. The number of hydrogen-bond acceptors (Lipinski definition) is 3. The van der Waals surface area contributed by atoms with Gasteiger partial charge in [0.05, 0.1) is 12.5 Å². The van der Waals surface area contributed by atoms with Crippen LogP contribution in [0.2, 0.25) is 0 Å². The van der Waals surface area contributed by atoms with Crippen LogP contribution in [-0.4, -0.2) is 31.6 Å². The summed E-state index contributed by atoms with van der Waals surface area (Å²) in [6.07, 6.45) is 0.899. The highest BCUT2D eigenvalue weighted by Gasteiger charge is 2.25. The van der Waals surface area contributed by atoms with Gasteiger partial charge >= 0.3 is 0 Å². The summed E-state index contributed by atoms with van der Waals surface area (Å²) >= 11 is 0. The van der Waals surface area contributed by atoms with E-state index in [1.807, 2.05) is 31.2 Å². The van der Waals surface area contributed by atoms with Gasteiger partial charge < -0.3 is 15.4 Å². The van der Waals surface area contributed by atoms with Crippen molar-refractivity contribution in [3.8, 4) is 5.75 Å². The lowest BCUT2D eigenvalue weighted by atomic mass is 10.0. The number of carbonyl (C=O) groups is 1. The lowest BCUT2D eigenvalue weighted by Crippen LogP contribution is -2.52. The smallest absolute Gasteiger partial charge is 0.225 e. The van der Waals surface area contributed by atoms with E-state index in [9.17, 15) is 4.79 Å². The van der Waals surface area contributed by atoms with Gasteiger partial charge in [0, 0.05) is 13.1 Å². The molecule has 0 aliphatic carbocycles. The van der Waals surface area contributed by atoms with Gasteiger partial charge in [0.1, 0.15) is 11.9 Å². The fourth-order valence-electron chi connectivity index (χ4n) is 1.97. The summed E-state index contributed by atoms with van der Waals surface area (Å²) in [6.45, 7) is 6.25. The van der Waals surface area contributed by atoms with Gasteiger partial charge in [-0.25, -0.2) is 0 Å².